The second kappa shape index (κ2) is 14.1. The molecule has 0 aromatic heterocycles. The molecule has 0 aromatic carbocycles. The van der Waals surface area contributed by atoms with Crippen LogP contribution in [0.3, 0.4) is 0 Å². The molecule has 1 aliphatic heterocycles. The van der Waals surface area contributed by atoms with Crippen LogP contribution in [0.25, 0.3) is 0 Å². The largest absolute Gasteiger partial charge is 0.379 e. The Morgan fingerprint density at radius 3 is 2.50 bits per heavy atom. The van der Waals surface area contributed by atoms with E-state index >= 15 is 0 Å². The highest BCUT2D eigenvalue weighted by Gasteiger charge is 2.15. The highest BCUT2D eigenvalue weighted by atomic mass is 127. The van der Waals surface area contributed by atoms with Gasteiger partial charge in [-0.1, -0.05) is 32.1 Å². The molecule has 1 atom stereocenters. The predicted octanol–water partition coefficient (Wildman–Crippen LogP) is 3.33. The molecule has 142 valence electrons. The van der Waals surface area contributed by atoms with E-state index in [4.69, 9.17) is 9.47 Å². The smallest absolute Gasteiger partial charge is 0.190 e. The minimum atomic E-state index is 0. The lowest BCUT2D eigenvalue weighted by molar-refractivity contribution is 0.0420. The lowest BCUT2D eigenvalue weighted by atomic mass is 9.86. The lowest BCUT2D eigenvalue weighted by Gasteiger charge is -2.21. The van der Waals surface area contributed by atoms with Crippen LogP contribution in [-0.2, 0) is 9.47 Å². The maximum absolute atomic E-state index is 5.76. The first-order valence-corrected chi connectivity index (χ1v) is 9.52. The van der Waals surface area contributed by atoms with Gasteiger partial charge in [-0.15, -0.1) is 24.0 Å². The minimum absolute atomic E-state index is 0. The summed E-state index contributed by atoms with van der Waals surface area (Å²) in [6.07, 6.45) is 12.2. The molecule has 2 N–H and O–H groups in total. The minimum Gasteiger partial charge on any atom is -0.379 e. The summed E-state index contributed by atoms with van der Waals surface area (Å²) < 4.78 is 11.1. The molecule has 5 nitrogen and oxygen atoms in total. The van der Waals surface area contributed by atoms with Crippen molar-refractivity contribution in [2.24, 2.45) is 10.9 Å². The Bertz CT molecular complexity index is 330. The Morgan fingerprint density at radius 2 is 1.83 bits per heavy atom. The van der Waals surface area contributed by atoms with E-state index < -0.39 is 0 Å². The second-order valence-electron chi connectivity index (χ2n) is 6.78. The van der Waals surface area contributed by atoms with Gasteiger partial charge in [0.25, 0.3) is 0 Å². The molecule has 2 rings (SSSR count). The van der Waals surface area contributed by atoms with Crippen LogP contribution in [0.5, 0.6) is 0 Å². The van der Waals surface area contributed by atoms with Crippen molar-refractivity contribution < 1.29 is 9.47 Å². The predicted molar refractivity (Wildman–Crippen MR) is 110 cm³/mol. The summed E-state index contributed by atoms with van der Waals surface area (Å²) in [7, 11) is 1.84. The topological polar surface area (TPSA) is 54.9 Å². The van der Waals surface area contributed by atoms with E-state index in [0.717, 1.165) is 57.6 Å². The van der Waals surface area contributed by atoms with E-state index in [1.807, 2.05) is 7.05 Å². The Balaban J connectivity index is 0.00000288. The molecule has 2 fully saturated rings. The molecule has 0 radical (unpaired) electrons. The first kappa shape index (κ1) is 22.0. The molecule has 6 heteroatoms. The van der Waals surface area contributed by atoms with Crippen molar-refractivity contribution >= 4 is 29.9 Å². The molecule has 1 unspecified atom stereocenters. The maximum Gasteiger partial charge on any atom is 0.190 e. The van der Waals surface area contributed by atoms with Crippen LogP contribution in [0, 0.1) is 5.92 Å². The molecule has 0 spiro atoms. The Kier molecular flexibility index (Phi) is 12.9. The van der Waals surface area contributed by atoms with E-state index in [1.54, 1.807) is 0 Å². The monoisotopic (exact) mass is 453 g/mol. The highest BCUT2D eigenvalue weighted by molar-refractivity contribution is 14.0. The zero-order valence-electron chi connectivity index (χ0n) is 15.2. The fraction of sp³-hybridized carbons (Fsp3) is 0.944. The molecular weight excluding hydrogens is 417 g/mol. The number of rotatable bonds is 9. The number of nitrogens with zero attached hydrogens (tertiary/aromatic N) is 1. The third-order valence-electron chi connectivity index (χ3n) is 4.88. The zero-order valence-corrected chi connectivity index (χ0v) is 17.6. The average molecular weight is 453 g/mol. The SMILES string of the molecule is CN=C(NCCCOC1CCOC1)NCCCC1CCCCC1.I. The number of nitrogens with one attached hydrogen (secondary N) is 2. The molecule has 1 saturated carbocycles. The third kappa shape index (κ3) is 9.42. The Morgan fingerprint density at radius 1 is 1.08 bits per heavy atom. The van der Waals surface area contributed by atoms with Crippen LogP contribution in [-0.4, -0.2) is 52.0 Å². The second-order valence-corrected chi connectivity index (χ2v) is 6.78. The summed E-state index contributed by atoms with van der Waals surface area (Å²) in [5, 5.41) is 6.78. The first-order valence-electron chi connectivity index (χ1n) is 9.52. The van der Waals surface area contributed by atoms with Crippen LogP contribution in [0.15, 0.2) is 4.99 Å². The molecule has 0 bridgehead atoms. The number of guanidine groups is 1. The molecule has 1 aliphatic carbocycles. The summed E-state index contributed by atoms with van der Waals surface area (Å²) in [6.45, 7) is 4.32. The van der Waals surface area contributed by atoms with Crippen molar-refractivity contribution in [3.63, 3.8) is 0 Å². The van der Waals surface area contributed by atoms with Gasteiger partial charge < -0.3 is 20.1 Å². The highest BCUT2D eigenvalue weighted by Crippen LogP contribution is 2.26. The summed E-state index contributed by atoms with van der Waals surface area (Å²) in [6, 6.07) is 0. The molecule has 0 aromatic rings. The van der Waals surface area contributed by atoms with Gasteiger partial charge in [-0.25, -0.2) is 0 Å². The number of halogens is 1. The molecular formula is C18H36IN3O2. The summed E-state index contributed by atoms with van der Waals surface area (Å²) in [4.78, 5) is 4.28. The Hall–Kier alpha value is -0.0800. The van der Waals surface area contributed by atoms with Crippen LogP contribution < -0.4 is 10.6 Å². The van der Waals surface area contributed by atoms with Crippen LogP contribution in [0.4, 0.5) is 0 Å². The molecule has 1 heterocycles. The van der Waals surface area contributed by atoms with Crippen molar-refractivity contribution in [1.29, 1.82) is 0 Å². The zero-order chi connectivity index (χ0) is 16.2. The summed E-state index contributed by atoms with van der Waals surface area (Å²) in [5.74, 6) is 1.88. The summed E-state index contributed by atoms with van der Waals surface area (Å²) >= 11 is 0. The summed E-state index contributed by atoms with van der Waals surface area (Å²) in [5.41, 5.74) is 0. The number of hydrogen-bond donors (Lipinski definition) is 2. The normalized spacial score (nSPS) is 22.2. The van der Waals surface area contributed by atoms with Gasteiger partial charge in [0, 0.05) is 33.4 Å². The van der Waals surface area contributed by atoms with Crippen LogP contribution >= 0.6 is 24.0 Å². The van der Waals surface area contributed by atoms with Gasteiger partial charge in [-0.05, 0) is 31.6 Å². The van der Waals surface area contributed by atoms with Crippen molar-refractivity contribution in [3.05, 3.63) is 0 Å². The van der Waals surface area contributed by atoms with Gasteiger partial charge in [0.2, 0.25) is 0 Å². The van der Waals surface area contributed by atoms with Gasteiger partial charge in [0.1, 0.15) is 0 Å². The molecule has 24 heavy (non-hydrogen) atoms. The van der Waals surface area contributed by atoms with Gasteiger partial charge in [0.05, 0.1) is 12.7 Å². The first-order chi connectivity index (χ1) is 11.4. The number of ether oxygens (including phenoxy) is 2. The van der Waals surface area contributed by atoms with Gasteiger partial charge >= 0.3 is 0 Å². The van der Waals surface area contributed by atoms with Crippen molar-refractivity contribution in [1.82, 2.24) is 10.6 Å². The van der Waals surface area contributed by atoms with E-state index in [-0.39, 0.29) is 24.0 Å². The molecule has 2 aliphatic rings. The lowest BCUT2D eigenvalue weighted by Crippen LogP contribution is -2.38. The Labute approximate surface area is 164 Å². The van der Waals surface area contributed by atoms with Crippen LogP contribution in [0.1, 0.15) is 57.8 Å². The van der Waals surface area contributed by atoms with E-state index in [2.05, 4.69) is 15.6 Å². The molecule has 1 saturated heterocycles. The van der Waals surface area contributed by atoms with Gasteiger partial charge in [-0.3, -0.25) is 4.99 Å². The van der Waals surface area contributed by atoms with Crippen molar-refractivity contribution in [2.45, 2.75) is 63.9 Å². The number of aliphatic imine (C=N–C) groups is 1. The van der Waals surface area contributed by atoms with Gasteiger partial charge in [-0.2, -0.15) is 0 Å². The molecule has 0 amide bonds. The third-order valence-corrected chi connectivity index (χ3v) is 4.88. The van der Waals surface area contributed by atoms with E-state index in [9.17, 15) is 0 Å². The fourth-order valence-electron chi connectivity index (χ4n) is 3.47. The number of hydrogen-bond acceptors (Lipinski definition) is 3. The van der Waals surface area contributed by atoms with E-state index in [0.29, 0.717) is 6.10 Å². The van der Waals surface area contributed by atoms with Gasteiger partial charge in [0.15, 0.2) is 5.96 Å². The standard InChI is InChI=1S/C18H35N3O2.HI/c1-19-18(20-11-5-9-16-7-3-2-4-8-16)21-12-6-13-23-17-10-14-22-15-17;/h16-17H,2-15H2,1H3,(H2,19,20,21);1H. The van der Waals surface area contributed by atoms with Crippen LogP contribution in [0.2, 0.25) is 0 Å². The van der Waals surface area contributed by atoms with Crippen molar-refractivity contribution in [2.75, 3.05) is 40.0 Å². The quantitative estimate of drug-likeness (QED) is 0.244. The fourth-order valence-corrected chi connectivity index (χ4v) is 3.47. The maximum atomic E-state index is 5.76. The average Bonchev–Trinajstić information content (AvgIpc) is 3.11. The van der Waals surface area contributed by atoms with Crippen molar-refractivity contribution in [3.8, 4) is 0 Å². The van der Waals surface area contributed by atoms with E-state index in [1.165, 1.54) is 44.9 Å².